The minimum atomic E-state index is 0. The van der Waals surface area contributed by atoms with Crippen molar-refractivity contribution in [3.8, 4) is 0 Å². The first kappa shape index (κ1) is 392. The van der Waals surface area contributed by atoms with Crippen LogP contribution in [-0.4, -0.2) is 41.8 Å². The van der Waals surface area contributed by atoms with Gasteiger partial charge in [0.05, 0.1) is 0 Å². The van der Waals surface area contributed by atoms with Gasteiger partial charge in [-0.25, -0.2) is 0 Å². The predicted molar refractivity (Wildman–Crippen MR) is 32.4 cm³/mol. The Morgan fingerprint density at radius 3 is 0.429 bits per heavy atom. The molecule has 0 heterocycles. The van der Waals surface area contributed by atoms with Gasteiger partial charge in [-0.2, -0.15) is 0 Å². The van der Waals surface area contributed by atoms with E-state index in [9.17, 15) is 0 Å². The van der Waals surface area contributed by atoms with Crippen molar-refractivity contribution in [2.75, 3.05) is 0 Å². The molecule has 0 atom stereocenters. The fraction of sp³-hybridized carbons (Fsp3) is 0. The van der Waals surface area contributed by atoms with Gasteiger partial charge in [-0.05, 0) is 0 Å². The van der Waals surface area contributed by atoms with Crippen LogP contribution < -0.4 is 0 Å². The fourth-order valence-corrected chi connectivity index (χ4v) is 0. The molecule has 0 aromatic rings. The summed E-state index contributed by atoms with van der Waals surface area (Å²) in [4.78, 5) is 0. The Labute approximate surface area is 65.5 Å². The molecule has 0 aromatic heterocycles. The van der Waals surface area contributed by atoms with Gasteiger partial charge in [0.15, 0.2) is 17.4 Å². The van der Waals surface area contributed by atoms with Crippen LogP contribution in [0.3, 0.4) is 0 Å². The summed E-state index contributed by atoms with van der Waals surface area (Å²) in [5, 5.41) is 0. The zero-order valence-electron chi connectivity index (χ0n) is 2.75. The van der Waals surface area contributed by atoms with Crippen LogP contribution in [0.2, 0.25) is 0 Å². The molecule has 0 rings (SSSR count). The van der Waals surface area contributed by atoms with Crippen LogP contribution in [0, 0.1) is 0 Å². The molecule has 0 spiro atoms. The molecule has 0 nitrogen and oxygen atoms in total. The molecule has 0 radical (unpaired) electrons. The van der Waals surface area contributed by atoms with Crippen LogP contribution >= 0.6 is 0 Å². The Morgan fingerprint density at radius 1 is 0.429 bits per heavy atom. The van der Waals surface area contributed by atoms with Crippen molar-refractivity contribution in [2.24, 2.45) is 0 Å². The second kappa shape index (κ2) is 252. The van der Waals surface area contributed by atoms with Gasteiger partial charge < -0.3 is 0 Å². The molecule has 7 heteroatoms. The van der Waals surface area contributed by atoms with Crippen molar-refractivity contribution in [2.45, 2.75) is 0 Å². The maximum absolute atomic E-state index is 0. The van der Waals surface area contributed by atoms with Crippen molar-refractivity contribution in [3.63, 3.8) is 0 Å². The minimum absolute atomic E-state index is 0. The average Bonchev–Trinajstić information content (AvgIpc) is 0. The molecule has 0 saturated carbocycles. The second-order valence-corrected chi connectivity index (χ2v) is 0. The first-order chi connectivity index (χ1) is 0. The van der Waals surface area contributed by atoms with Gasteiger partial charge in [0.25, 0.3) is 0 Å². The van der Waals surface area contributed by atoms with E-state index in [4.69, 9.17) is 0 Å². The Bertz CT molecular complexity index is 8.04. The molecule has 0 aliphatic carbocycles. The number of rotatable bonds is 0. The van der Waals surface area contributed by atoms with Crippen molar-refractivity contribution in [1.82, 2.24) is 0 Å². The number of hydrogen-bond donors (Lipinski definition) is 0. The molecule has 54 valence electrons. The molecule has 0 aliphatic rings. The van der Waals surface area contributed by atoms with Crippen LogP contribution in [0.15, 0.2) is 0 Å². The molecule has 0 aliphatic heterocycles. The third kappa shape index (κ3) is 175. The first-order valence-corrected chi connectivity index (χ1v) is 0. The molecular weight excluding hydrogens is 244 g/mol. The summed E-state index contributed by atoms with van der Waals surface area (Å²) in [5.41, 5.74) is 0. The molecule has 0 N–H and O–H groups in total. The van der Waals surface area contributed by atoms with E-state index >= 15 is 0 Å². The summed E-state index contributed by atoms with van der Waals surface area (Å²) in [6.45, 7) is 0. The zero-order chi connectivity index (χ0) is 0. The first-order valence-electron chi connectivity index (χ1n) is 0. The van der Waals surface area contributed by atoms with Gasteiger partial charge in [0.1, 0.15) is 0 Å². The Balaban J connectivity index is 0. The standard InChI is InChI=1S/Al.5FH.Sb.6H/h;5*1H;;;;;;;. The molecule has 0 bridgehead atoms. The Morgan fingerprint density at radius 2 is 0.429 bits per heavy atom. The van der Waals surface area contributed by atoms with Crippen LogP contribution in [0.1, 0.15) is 0 Å². The third-order valence-corrected chi connectivity index (χ3v) is 0. The van der Waals surface area contributed by atoms with Crippen molar-refractivity contribution >= 4 is 41.8 Å². The summed E-state index contributed by atoms with van der Waals surface area (Å²) < 4.78 is 0. The van der Waals surface area contributed by atoms with Crippen molar-refractivity contribution < 1.29 is 23.5 Å². The van der Waals surface area contributed by atoms with Gasteiger partial charge in [0.2, 0.25) is 0 Å². The number of halogens is 5. The van der Waals surface area contributed by atoms with Gasteiger partial charge in [-0.1, -0.05) is 0 Å². The maximum atomic E-state index is 0. The molecular formula is H11AlF5Sb. The normalized spacial score (nSPS) is 0. The van der Waals surface area contributed by atoms with Crippen LogP contribution in [-0.2, 0) is 0 Å². The Kier molecular flexibility index (Phi) is 14100. The SMILES string of the molecule is F.F.F.F.F.[AlH3].[SbH3]. The topological polar surface area (TPSA) is 0 Å². The molecule has 0 fully saturated rings. The van der Waals surface area contributed by atoms with Gasteiger partial charge in [-0.3, -0.25) is 23.5 Å². The van der Waals surface area contributed by atoms with Gasteiger partial charge in [0, 0.05) is 0 Å². The van der Waals surface area contributed by atoms with Crippen LogP contribution in [0.25, 0.3) is 0 Å². The third-order valence-electron chi connectivity index (χ3n) is 0. The molecule has 7 heavy (non-hydrogen) atoms. The van der Waals surface area contributed by atoms with E-state index in [1.54, 1.807) is 0 Å². The van der Waals surface area contributed by atoms with Crippen LogP contribution in [0.5, 0.6) is 0 Å². The summed E-state index contributed by atoms with van der Waals surface area (Å²) >= 11 is 0. The predicted octanol–water partition coefficient (Wildman–Crippen LogP) is -1.61. The van der Waals surface area contributed by atoms with E-state index in [0.717, 1.165) is 0 Å². The molecule has 0 saturated heterocycles. The van der Waals surface area contributed by atoms with E-state index in [-0.39, 0.29) is 65.3 Å². The fourth-order valence-electron chi connectivity index (χ4n) is 0. The molecule has 0 aromatic carbocycles. The van der Waals surface area contributed by atoms with Crippen molar-refractivity contribution in [3.05, 3.63) is 0 Å². The summed E-state index contributed by atoms with van der Waals surface area (Å²) in [5.74, 6) is 0. The second-order valence-electron chi connectivity index (χ2n) is 0. The number of hydrogen-bond acceptors (Lipinski definition) is 0. The van der Waals surface area contributed by atoms with E-state index in [0.29, 0.717) is 0 Å². The van der Waals surface area contributed by atoms with E-state index in [2.05, 4.69) is 0 Å². The van der Waals surface area contributed by atoms with Gasteiger partial charge >= 0.3 is 24.4 Å². The average molecular weight is 255 g/mol. The summed E-state index contributed by atoms with van der Waals surface area (Å²) in [6, 6.07) is 0. The quantitative estimate of drug-likeness (QED) is 0.361. The van der Waals surface area contributed by atoms with Crippen LogP contribution in [0.4, 0.5) is 23.5 Å². The summed E-state index contributed by atoms with van der Waals surface area (Å²) in [7, 11) is 0. The van der Waals surface area contributed by atoms with Gasteiger partial charge in [-0.15, -0.1) is 0 Å². The summed E-state index contributed by atoms with van der Waals surface area (Å²) in [6.07, 6.45) is 0. The monoisotopic (exact) mass is 254 g/mol. The Hall–Kier alpha value is 1.00. The molecule has 0 unspecified atom stereocenters. The van der Waals surface area contributed by atoms with E-state index in [1.165, 1.54) is 0 Å². The zero-order valence-corrected chi connectivity index (χ0v) is 6.78. The van der Waals surface area contributed by atoms with E-state index in [1.807, 2.05) is 0 Å². The van der Waals surface area contributed by atoms with E-state index < -0.39 is 0 Å². The molecule has 0 amide bonds. The van der Waals surface area contributed by atoms with Crippen molar-refractivity contribution in [1.29, 1.82) is 0 Å².